The second-order valence-electron chi connectivity index (χ2n) is 6.40. The highest BCUT2D eigenvalue weighted by Gasteiger charge is 2.22. The van der Waals surface area contributed by atoms with E-state index >= 15 is 0 Å². The van der Waals surface area contributed by atoms with Gasteiger partial charge in [0.2, 0.25) is 5.91 Å². The van der Waals surface area contributed by atoms with Crippen molar-refractivity contribution < 1.29 is 9.53 Å². The van der Waals surface area contributed by atoms with E-state index < -0.39 is 0 Å². The van der Waals surface area contributed by atoms with Crippen molar-refractivity contribution in [2.45, 2.75) is 19.5 Å². The van der Waals surface area contributed by atoms with E-state index in [1.54, 1.807) is 10.9 Å². The Kier molecular flexibility index (Phi) is 4.21. The average molecular weight is 326 g/mol. The zero-order valence-corrected chi connectivity index (χ0v) is 13.7. The molecular weight excluding hydrogens is 304 g/mol. The number of hydrogen-bond donors (Lipinski definition) is 0. The molecule has 6 heteroatoms. The lowest BCUT2D eigenvalue weighted by atomic mass is 10.1. The number of ether oxygens (including phenoxy) is 1. The SMILES string of the molecule is O=C(Cn1cccn1)N1CCN(Cc2ccc3c(c2)CCO3)CC1. The number of aromatic nitrogens is 2. The van der Waals surface area contributed by atoms with Gasteiger partial charge < -0.3 is 9.64 Å². The Morgan fingerprint density at radius 2 is 2.08 bits per heavy atom. The van der Waals surface area contributed by atoms with Gasteiger partial charge >= 0.3 is 0 Å². The monoisotopic (exact) mass is 326 g/mol. The van der Waals surface area contributed by atoms with Crippen LogP contribution in [0.25, 0.3) is 0 Å². The molecule has 1 aromatic carbocycles. The standard InChI is InChI=1S/C18H22N4O2/c23-18(14-22-6-1-5-19-22)21-9-7-20(8-10-21)13-15-2-3-17-16(12-15)4-11-24-17/h1-3,5-6,12H,4,7-11,13-14H2. The molecule has 1 amide bonds. The van der Waals surface area contributed by atoms with E-state index in [1.807, 2.05) is 17.2 Å². The van der Waals surface area contributed by atoms with Crippen molar-refractivity contribution in [2.75, 3.05) is 32.8 Å². The highest BCUT2D eigenvalue weighted by molar-refractivity contribution is 5.76. The summed E-state index contributed by atoms with van der Waals surface area (Å²) in [5.74, 6) is 1.18. The summed E-state index contributed by atoms with van der Waals surface area (Å²) in [5, 5.41) is 4.10. The molecule has 0 aliphatic carbocycles. The van der Waals surface area contributed by atoms with Gasteiger partial charge in [-0.05, 0) is 23.3 Å². The van der Waals surface area contributed by atoms with Gasteiger partial charge in [-0.1, -0.05) is 12.1 Å². The lowest BCUT2D eigenvalue weighted by Gasteiger charge is -2.34. The molecule has 6 nitrogen and oxygen atoms in total. The van der Waals surface area contributed by atoms with Crippen LogP contribution in [0.15, 0.2) is 36.7 Å². The Hall–Kier alpha value is -2.34. The second-order valence-corrected chi connectivity index (χ2v) is 6.40. The number of benzene rings is 1. The minimum Gasteiger partial charge on any atom is -0.493 e. The Labute approximate surface area is 141 Å². The average Bonchev–Trinajstić information content (AvgIpc) is 3.26. The van der Waals surface area contributed by atoms with Crippen LogP contribution in [0, 0.1) is 0 Å². The van der Waals surface area contributed by atoms with Crippen LogP contribution in [-0.2, 0) is 24.3 Å². The van der Waals surface area contributed by atoms with Crippen molar-refractivity contribution in [3.63, 3.8) is 0 Å². The highest BCUT2D eigenvalue weighted by atomic mass is 16.5. The molecule has 2 aliphatic heterocycles. The molecule has 1 saturated heterocycles. The quantitative estimate of drug-likeness (QED) is 0.846. The van der Waals surface area contributed by atoms with Crippen LogP contribution >= 0.6 is 0 Å². The molecule has 0 radical (unpaired) electrons. The van der Waals surface area contributed by atoms with Crippen LogP contribution in [0.4, 0.5) is 0 Å². The maximum atomic E-state index is 12.3. The van der Waals surface area contributed by atoms with E-state index in [1.165, 1.54) is 11.1 Å². The molecule has 0 unspecified atom stereocenters. The van der Waals surface area contributed by atoms with Gasteiger partial charge in [-0.15, -0.1) is 0 Å². The van der Waals surface area contributed by atoms with Crippen LogP contribution in [0.3, 0.4) is 0 Å². The number of piperazine rings is 1. The first-order valence-electron chi connectivity index (χ1n) is 8.50. The third-order valence-corrected chi connectivity index (χ3v) is 4.74. The molecular formula is C18H22N4O2. The summed E-state index contributed by atoms with van der Waals surface area (Å²) < 4.78 is 7.24. The first-order chi connectivity index (χ1) is 11.8. The third-order valence-electron chi connectivity index (χ3n) is 4.74. The van der Waals surface area contributed by atoms with Crippen LogP contribution in [0.5, 0.6) is 5.75 Å². The van der Waals surface area contributed by atoms with Crippen molar-refractivity contribution >= 4 is 5.91 Å². The van der Waals surface area contributed by atoms with Gasteiger partial charge in [0.05, 0.1) is 6.61 Å². The van der Waals surface area contributed by atoms with Crippen molar-refractivity contribution in [1.29, 1.82) is 0 Å². The molecule has 1 fully saturated rings. The smallest absolute Gasteiger partial charge is 0.244 e. The first-order valence-corrected chi connectivity index (χ1v) is 8.50. The number of hydrogen-bond acceptors (Lipinski definition) is 4. The molecule has 0 saturated carbocycles. The summed E-state index contributed by atoms with van der Waals surface area (Å²) in [6, 6.07) is 8.34. The fraction of sp³-hybridized carbons (Fsp3) is 0.444. The predicted molar refractivity (Wildman–Crippen MR) is 89.7 cm³/mol. The van der Waals surface area contributed by atoms with Crippen LogP contribution < -0.4 is 4.74 Å². The van der Waals surface area contributed by atoms with E-state index in [-0.39, 0.29) is 5.91 Å². The van der Waals surface area contributed by atoms with E-state index in [9.17, 15) is 4.79 Å². The summed E-state index contributed by atoms with van der Waals surface area (Å²) in [4.78, 5) is 16.6. The molecule has 0 atom stereocenters. The Morgan fingerprint density at radius 1 is 1.21 bits per heavy atom. The zero-order chi connectivity index (χ0) is 16.4. The minimum absolute atomic E-state index is 0.146. The third kappa shape index (κ3) is 3.28. The minimum atomic E-state index is 0.146. The molecule has 4 rings (SSSR count). The van der Waals surface area contributed by atoms with Crippen LogP contribution in [0.1, 0.15) is 11.1 Å². The van der Waals surface area contributed by atoms with Crippen molar-refractivity contribution in [3.8, 4) is 5.75 Å². The topological polar surface area (TPSA) is 50.6 Å². The van der Waals surface area contributed by atoms with E-state index in [0.717, 1.165) is 51.5 Å². The lowest BCUT2D eigenvalue weighted by molar-refractivity contribution is -0.133. The van der Waals surface area contributed by atoms with E-state index in [0.29, 0.717) is 6.54 Å². The number of fused-ring (bicyclic) bond motifs is 1. The fourth-order valence-corrected chi connectivity index (χ4v) is 3.38. The van der Waals surface area contributed by atoms with Crippen LogP contribution in [-0.4, -0.2) is 58.3 Å². The molecule has 0 bridgehead atoms. The van der Waals surface area contributed by atoms with Gasteiger partial charge in [-0.25, -0.2) is 0 Å². The number of carbonyl (C=O) groups is 1. The molecule has 0 spiro atoms. The normalized spacial score (nSPS) is 17.6. The number of carbonyl (C=O) groups excluding carboxylic acids is 1. The van der Waals surface area contributed by atoms with E-state index in [4.69, 9.17) is 4.74 Å². The summed E-state index contributed by atoms with van der Waals surface area (Å²) in [6.45, 7) is 5.47. The highest BCUT2D eigenvalue weighted by Crippen LogP contribution is 2.26. The molecule has 126 valence electrons. The summed E-state index contributed by atoms with van der Waals surface area (Å²) >= 11 is 0. The van der Waals surface area contributed by atoms with Gasteiger partial charge in [0.1, 0.15) is 12.3 Å². The molecule has 24 heavy (non-hydrogen) atoms. The molecule has 3 heterocycles. The Morgan fingerprint density at radius 3 is 2.88 bits per heavy atom. The molecule has 0 N–H and O–H groups in total. The summed E-state index contributed by atoms with van der Waals surface area (Å²) in [5.41, 5.74) is 2.65. The van der Waals surface area contributed by atoms with Gasteiger partial charge in [0, 0.05) is 51.5 Å². The second kappa shape index (κ2) is 6.65. The first kappa shape index (κ1) is 15.2. The van der Waals surface area contributed by atoms with Crippen molar-refractivity contribution in [2.24, 2.45) is 0 Å². The Balaban J connectivity index is 1.29. The van der Waals surface area contributed by atoms with Gasteiger partial charge in [-0.3, -0.25) is 14.4 Å². The van der Waals surface area contributed by atoms with Crippen molar-refractivity contribution in [1.82, 2.24) is 19.6 Å². The molecule has 2 aliphatic rings. The number of rotatable bonds is 4. The van der Waals surface area contributed by atoms with Gasteiger partial charge in [0.15, 0.2) is 0 Å². The molecule has 2 aromatic rings. The van der Waals surface area contributed by atoms with Gasteiger partial charge in [0.25, 0.3) is 0 Å². The zero-order valence-electron chi connectivity index (χ0n) is 13.7. The van der Waals surface area contributed by atoms with Gasteiger partial charge in [-0.2, -0.15) is 5.10 Å². The summed E-state index contributed by atoms with van der Waals surface area (Å²) in [7, 11) is 0. The number of amides is 1. The maximum Gasteiger partial charge on any atom is 0.244 e. The predicted octanol–water partition coefficient (Wildman–Crippen LogP) is 1.16. The summed E-state index contributed by atoms with van der Waals surface area (Å²) in [6.07, 6.45) is 4.54. The van der Waals surface area contributed by atoms with Crippen LogP contribution in [0.2, 0.25) is 0 Å². The largest absolute Gasteiger partial charge is 0.493 e. The maximum absolute atomic E-state index is 12.3. The Bertz CT molecular complexity index is 706. The number of nitrogens with zero attached hydrogens (tertiary/aromatic N) is 4. The molecule has 1 aromatic heterocycles. The lowest BCUT2D eigenvalue weighted by Crippen LogP contribution is -2.49. The fourth-order valence-electron chi connectivity index (χ4n) is 3.38. The van der Waals surface area contributed by atoms with Crippen molar-refractivity contribution in [3.05, 3.63) is 47.8 Å². The van der Waals surface area contributed by atoms with E-state index in [2.05, 4.69) is 28.2 Å².